The molecule has 1 aliphatic heterocycles. The lowest BCUT2D eigenvalue weighted by Gasteiger charge is -2.22. The van der Waals surface area contributed by atoms with Gasteiger partial charge < -0.3 is 10.5 Å². The standard InChI is InChI=1S/C12H17NOS/c1-9-3-2-4-11(12(9)13)15-10-5-7-14-8-6-10/h2-4,10H,5-8,13H2,1H3. The molecule has 0 amide bonds. The Hall–Kier alpha value is -0.670. The van der Waals surface area contributed by atoms with Crippen LogP contribution in [-0.2, 0) is 4.74 Å². The zero-order chi connectivity index (χ0) is 10.7. The van der Waals surface area contributed by atoms with Crippen LogP contribution in [0.3, 0.4) is 0 Å². The number of thioether (sulfide) groups is 1. The van der Waals surface area contributed by atoms with E-state index in [-0.39, 0.29) is 0 Å². The van der Waals surface area contributed by atoms with Gasteiger partial charge in [-0.3, -0.25) is 0 Å². The zero-order valence-corrected chi connectivity index (χ0v) is 9.85. The van der Waals surface area contributed by atoms with Gasteiger partial charge in [0.2, 0.25) is 0 Å². The van der Waals surface area contributed by atoms with E-state index >= 15 is 0 Å². The summed E-state index contributed by atoms with van der Waals surface area (Å²) >= 11 is 1.90. The number of aryl methyl sites for hydroxylation is 1. The van der Waals surface area contributed by atoms with Gasteiger partial charge in [-0.2, -0.15) is 0 Å². The Labute approximate surface area is 95.2 Å². The van der Waals surface area contributed by atoms with Crippen LogP contribution in [0.2, 0.25) is 0 Å². The minimum atomic E-state index is 0.669. The summed E-state index contributed by atoms with van der Waals surface area (Å²) in [7, 11) is 0. The third-order valence-corrected chi connectivity index (χ3v) is 4.16. The van der Waals surface area contributed by atoms with Crippen LogP contribution in [0, 0.1) is 6.92 Å². The summed E-state index contributed by atoms with van der Waals surface area (Å²) in [5.74, 6) is 0. The molecule has 0 spiro atoms. The quantitative estimate of drug-likeness (QED) is 0.783. The molecule has 1 aromatic carbocycles. The van der Waals surface area contributed by atoms with E-state index in [2.05, 4.69) is 25.1 Å². The van der Waals surface area contributed by atoms with E-state index in [1.54, 1.807) is 0 Å². The van der Waals surface area contributed by atoms with Gasteiger partial charge in [-0.05, 0) is 31.4 Å². The highest BCUT2D eigenvalue weighted by Gasteiger charge is 2.16. The number of hydrogen-bond donors (Lipinski definition) is 1. The van der Waals surface area contributed by atoms with Crippen LogP contribution in [0.4, 0.5) is 5.69 Å². The Morgan fingerprint density at radius 1 is 1.33 bits per heavy atom. The maximum Gasteiger partial charge on any atom is 0.0482 e. The van der Waals surface area contributed by atoms with Crippen LogP contribution in [-0.4, -0.2) is 18.5 Å². The smallest absolute Gasteiger partial charge is 0.0482 e. The predicted molar refractivity (Wildman–Crippen MR) is 65.3 cm³/mol. The first-order valence-electron chi connectivity index (χ1n) is 5.37. The van der Waals surface area contributed by atoms with Crippen LogP contribution in [0.15, 0.2) is 23.1 Å². The molecule has 2 nitrogen and oxygen atoms in total. The summed E-state index contributed by atoms with van der Waals surface area (Å²) in [6.07, 6.45) is 2.27. The maximum atomic E-state index is 6.05. The van der Waals surface area contributed by atoms with Gasteiger partial charge in [-0.1, -0.05) is 12.1 Å². The van der Waals surface area contributed by atoms with Crippen molar-refractivity contribution in [1.29, 1.82) is 0 Å². The molecule has 0 atom stereocenters. The van der Waals surface area contributed by atoms with E-state index in [1.807, 2.05) is 11.8 Å². The van der Waals surface area contributed by atoms with Crippen molar-refractivity contribution in [3.8, 4) is 0 Å². The molecule has 0 aromatic heterocycles. The first-order valence-corrected chi connectivity index (χ1v) is 6.25. The van der Waals surface area contributed by atoms with Crippen molar-refractivity contribution in [1.82, 2.24) is 0 Å². The Morgan fingerprint density at radius 3 is 2.80 bits per heavy atom. The van der Waals surface area contributed by atoms with Gasteiger partial charge in [0.1, 0.15) is 0 Å². The van der Waals surface area contributed by atoms with E-state index in [9.17, 15) is 0 Å². The third kappa shape index (κ3) is 2.67. The molecule has 0 aliphatic carbocycles. The lowest BCUT2D eigenvalue weighted by molar-refractivity contribution is 0.100. The molecule has 3 heteroatoms. The van der Waals surface area contributed by atoms with Gasteiger partial charge in [0, 0.05) is 29.0 Å². The molecular weight excluding hydrogens is 206 g/mol. The summed E-state index contributed by atoms with van der Waals surface area (Å²) in [6.45, 7) is 3.84. The highest BCUT2D eigenvalue weighted by atomic mass is 32.2. The number of hydrogen-bond acceptors (Lipinski definition) is 3. The van der Waals surface area contributed by atoms with E-state index < -0.39 is 0 Å². The average Bonchev–Trinajstić information content (AvgIpc) is 2.26. The first kappa shape index (κ1) is 10.8. The monoisotopic (exact) mass is 223 g/mol. The van der Waals surface area contributed by atoms with Crippen LogP contribution in [0.25, 0.3) is 0 Å². The van der Waals surface area contributed by atoms with Crippen molar-refractivity contribution in [3.63, 3.8) is 0 Å². The second kappa shape index (κ2) is 4.90. The number of rotatable bonds is 2. The normalized spacial score (nSPS) is 17.9. The summed E-state index contributed by atoms with van der Waals surface area (Å²) in [4.78, 5) is 1.22. The molecule has 1 heterocycles. The number of para-hydroxylation sites is 1. The van der Waals surface area contributed by atoms with E-state index in [0.717, 1.165) is 31.7 Å². The van der Waals surface area contributed by atoms with Crippen molar-refractivity contribution in [3.05, 3.63) is 23.8 Å². The first-order chi connectivity index (χ1) is 7.27. The summed E-state index contributed by atoms with van der Waals surface area (Å²) in [5.41, 5.74) is 8.16. The van der Waals surface area contributed by atoms with Gasteiger partial charge in [-0.25, -0.2) is 0 Å². The number of nitrogens with two attached hydrogens (primary N) is 1. The minimum absolute atomic E-state index is 0.669. The molecule has 0 bridgehead atoms. The molecule has 15 heavy (non-hydrogen) atoms. The van der Waals surface area contributed by atoms with Crippen LogP contribution in [0.5, 0.6) is 0 Å². The van der Waals surface area contributed by atoms with Crippen LogP contribution < -0.4 is 5.73 Å². The molecular formula is C12H17NOS. The molecule has 1 aliphatic rings. The number of anilines is 1. The predicted octanol–water partition coefficient (Wildman–Crippen LogP) is 2.85. The second-order valence-electron chi connectivity index (χ2n) is 3.92. The molecule has 2 rings (SSSR count). The third-order valence-electron chi connectivity index (χ3n) is 2.75. The van der Waals surface area contributed by atoms with Gasteiger partial charge >= 0.3 is 0 Å². The van der Waals surface area contributed by atoms with Gasteiger partial charge in [0.15, 0.2) is 0 Å². The summed E-state index contributed by atoms with van der Waals surface area (Å²) in [5, 5.41) is 0.669. The van der Waals surface area contributed by atoms with Crippen molar-refractivity contribution >= 4 is 17.4 Å². The molecule has 0 radical (unpaired) electrons. The number of ether oxygens (including phenoxy) is 1. The maximum absolute atomic E-state index is 6.05. The van der Waals surface area contributed by atoms with Crippen molar-refractivity contribution < 1.29 is 4.74 Å². The molecule has 1 fully saturated rings. The second-order valence-corrected chi connectivity index (χ2v) is 5.26. The Kier molecular flexibility index (Phi) is 3.54. The highest BCUT2D eigenvalue weighted by molar-refractivity contribution is 8.00. The molecule has 0 unspecified atom stereocenters. The molecule has 1 aromatic rings. The van der Waals surface area contributed by atoms with Crippen molar-refractivity contribution in [2.45, 2.75) is 29.9 Å². The largest absolute Gasteiger partial charge is 0.398 e. The van der Waals surface area contributed by atoms with E-state index in [1.165, 1.54) is 10.5 Å². The summed E-state index contributed by atoms with van der Waals surface area (Å²) in [6, 6.07) is 6.25. The van der Waals surface area contributed by atoms with Crippen LogP contribution in [0.1, 0.15) is 18.4 Å². The Bertz CT molecular complexity index is 334. The molecule has 82 valence electrons. The molecule has 2 N–H and O–H groups in total. The van der Waals surface area contributed by atoms with Crippen LogP contribution >= 0.6 is 11.8 Å². The van der Waals surface area contributed by atoms with E-state index in [4.69, 9.17) is 10.5 Å². The zero-order valence-electron chi connectivity index (χ0n) is 9.03. The average molecular weight is 223 g/mol. The summed E-state index contributed by atoms with van der Waals surface area (Å²) < 4.78 is 5.35. The topological polar surface area (TPSA) is 35.2 Å². The van der Waals surface area contributed by atoms with E-state index in [0.29, 0.717) is 5.25 Å². The molecule has 1 saturated heterocycles. The Morgan fingerprint density at radius 2 is 2.07 bits per heavy atom. The highest BCUT2D eigenvalue weighted by Crippen LogP contribution is 2.34. The SMILES string of the molecule is Cc1cccc(SC2CCOCC2)c1N. The lowest BCUT2D eigenvalue weighted by atomic mass is 10.2. The minimum Gasteiger partial charge on any atom is -0.398 e. The molecule has 0 saturated carbocycles. The number of benzene rings is 1. The van der Waals surface area contributed by atoms with Crippen molar-refractivity contribution in [2.75, 3.05) is 18.9 Å². The number of nitrogen functional groups attached to an aromatic ring is 1. The fourth-order valence-corrected chi connectivity index (χ4v) is 2.96. The lowest BCUT2D eigenvalue weighted by Crippen LogP contribution is -2.17. The van der Waals surface area contributed by atoms with Crippen molar-refractivity contribution in [2.24, 2.45) is 0 Å². The fourth-order valence-electron chi connectivity index (χ4n) is 1.73. The Balaban J connectivity index is 2.06. The van der Waals surface area contributed by atoms with Gasteiger partial charge in [-0.15, -0.1) is 11.8 Å². The fraction of sp³-hybridized carbons (Fsp3) is 0.500. The van der Waals surface area contributed by atoms with Gasteiger partial charge in [0.25, 0.3) is 0 Å². The van der Waals surface area contributed by atoms with Gasteiger partial charge in [0.05, 0.1) is 0 Å².